The number of rotatable bonds is 6. The van der Waals surface area contributed by atoms with Crippen molar-refractivity contribution in [3.05, 3.63) is 39.8 Å². The molecule has 0 N–H and O–H groups in total. The lowest BCUT2D eigenvalue weighted by Crippen LogP contribution is -2.37. The van der Waals surface area contributed by atoms with Crippen molar-refractivity contribution in [3.8, 4) is 0 Å². The molecule has 6 heteroatoms. The summed E-state index contributed by atoms with van der Waals surface area (Å²) in [6, 6.07) is 3.87. The largest absolute Gasteiger partial charge is 0.331 e. The minimum absolute atomic E-state index is 0.0321. The minimum atomic E-state index is 0.0321. The number of carbonyl (C=O) groups excluding carboxylic acids is 1. The van der Waals surface area contributed by atoms with Gasteiger partial charge in [0.15, 0.2) is 0 Å². The maximum Gasteiger partial charge on any atom is 0.272 e. The third kappa shape index (κ3) is 3.92. The predicted molar refractivity (Wildman–Crippen MR) is 85.6 cm³/mol. The van der Waals surface area contributed by atoms with Gasteiger partial charge in [-0.25, -0.2) is 0 Å². The molecule has 0 aliphatic heterocycles. The lowest BCUT2D eigenvalue weighted by Gasteiger charge is -2.24. The Morgan fingerprint density at radius 3 is 2.62 bits per heavy atom. The highest BCUT2D eigenvalue weighted by molar-refractivity contribution is 7.10. The van der Waals surface area contributed by atoms with Crippen LogP contribution in [-0.4, -0.2) is 52.7 Å². The van der Waals surface area contributed by atoms with E-state index in [1.165, 1.54) is 10.4 Å². The van der Waals surface area contributed by atoms with Gasteiger partial charge in [0.1, 0.15) is 5.69 Å². The number of hydrogen-bond acceptors (Lipinski definition) is 4. The molecule has 5 nitrogen and oxygen atoms in total. The van der Waals surface area contributed by atoms with Crippen LogP contribution in [0, 0.1) is 6.92 Å². The van der Waals surface area contributed by atoms with Gasteiger partial charge in [0, 0.05) is 31.2 Å². The SMILES string of the molecule is Cc1ccsc1CN(CCN(C)C)C(=O)c1ccnn1C. The van der Waals surface area contributed by atoms with Gasteiger partial charge in [-0.15, -0.1) is 11.3 Å². The van der Waals surface area contributed by atoms with E-state index in [2.05, 4.69) is 28.4 Å². The van der Waals surface area contributed by atoms with Crippen molar-refractivity contribution >= 4 is 17.2 Å². The molecule has 2 aromatic heterocycles. The monoisotopic (exact) mass is 306 g/mol. The second-order valence-corrected chi connectivity index (χ2v) is 6.40. The van der Waals surface area contributed by atoms with Crippen molar-refractivity contribution in [2.24, 2.45) is 7.05 Å². The molecular weight excluding hydrogens is 284 g/mol. The molecule has 2 aromatic rings. The Morgan fingerprint density at radius 1 is 1.33 bits per heavy atom. The van der Waals surface area contributed by atoms with Crippen molar-refractivity contribution in [2.45, 2.75) is 13.5 Å². The molecule has 2 rings (SSSR count). The van der Waals surface area contributed by atoms with Crippen LogP contribution in [0.5, 0.6) is 0 Å². The van der Waals surface area contributed by atoms with Crippen molar-refractivity contribution < 1.29 is 4.79 Å². The summed E-state index contributed by atoms with van der Waals surface area (Å²) >= 11 is 1.70. The Hall–Kier alpha value is -1.66. The van der Waals surface area contributed by atoms with E-state index in [0.29, 0.717) is 18.8 Å². The molecule has 0 radical (unpaired) electrons. The van der Waals surface area contributed by atoms with Gasteiger partial charge >= 0.3 is 0 Å². The van der Waals surface area contributed by atoms with Crippen molar-refractivity contribution in [3.63, 3.8) is 0 Å². The Morgan fingerprint density at radius 2 is 2.10 bits per heavy atom. The maximum absolute atomic E-state index is 12.7. The van der Waals surface area contributed by atoms with E-state index >= 15 is 0 Å². The summed E-state index contributed by atoms with van der Waals surface area (Å²) in [4.78, 5) is 18.0. The molecule has 114 valence electrons. The Bertz CT molecular complexity index is 602. The molecule has 0 saturated carbocycles. The highest BCUT2D eigenvalue weighted by Gasteiger charge is 2.20. The number of hydrogen-bond donors (Lipinski definition) is 0. The molecule has 2 heterocycles. The number of nitrogens with zero attached hydrogens (tertiary/aromatic N) is 4. The van der Waals surface area contributed by atoms with Crippen LogP contribution in [0.4, 0.5) is 0 Å². The molecule has 0 atom stereocenters. The zero-order chi connectivity index (χ0) is 15.4. The summed E-state index contributed by atoms with van der Waals surface area (Å²) < 4.78 is 1.63. The first-order valence-corrected chi connectivity index (χ1v) is 7.82. The summed E-state index contributed by atoms with van der Waals surface area (Å²) in [5, 5.41) is 6.16. The summed E-state index contributed by atoms with van der Waals surface area (Å²) in [5.74, 6) is 0.0321. The van der Waals surface area contributed by atoms with E-state index in [-0.39, 0.29) is 5.91 Å². The molecule has 21 heavy (non-hydrogen) atoms. The van der Waals surface area contributed by atoms with Crippen LogP contribution < -0.4 is 0 Å². The predicted octanol–water partition coefficient (Wildman–Crippen LogP) is 1.99. The molecule has 0 bridgehead atoms. The number of thiophene rings is 1. The number of carbonyl (C=O) groups is 1. The highest BCUT2D eigenvalue weighted by atomic mass is 32.1. The Balaban J connectivity index is 2.17. The lowest BCUT2D eigenvalue weighted by molar-refractivity contribution is 0.0722. The Kier molecular flexibility index (Phi) is 5.14. The second kappa shape index (κ2) is 6.87. The van der Waals surface area contributed by atoms with E-state index in [1.54, 1.807) is 35.3 Å². The summed E-state index contributed by atoms with van der Waals surface area (Å²) in [7, 11) is 5.83. The van der Waals surface area contributed by atoms with Gasteiger partial charge in [-0.2, -0.15) is 5.10 Å². The third-order valence-corrected chi connectivity index (χ3v) is 4.45. The van der Waals surface area contributed by atoms with Crippen LogP contribution in [0.15, 0.2) is 23.7 Å². The number of aromatic nitrogens is 2. The first-order chi connectivity index (χ1) is 9.99. The molecule has 0 aliphatic carbocycles. The zero-order valence-electron chi connectivity index (χ0n) is 13.0. The van der Waals surface area contributed by atoms with Crippen LogP contribution in [0.25, 0.3) is 0 Å². The van der Waals surface area contributed by atoms with Crippen molar-refractivity contribution in [2.75, 3.05) is 27.2 Å². The first kappa shape index (κ1) is 15.7. The van der Waals surface area contributed by atoms with Crippen LogP contribution in [-0.2, 0) is 13.6 Å². The number of aryl methyl sites for hydroxylation is 2. The van der Waals surface area contributed by atoms with Crippen LogP contribution >= 0.6 is 11.3 Å². The minimum Gasteiger partial charge on any atom is -0.331 e. The van der Waals surface area contributed by atoms with Gasteiger partial charge in [-0.3, -0.25) is 9.48 Å². The van der Waals surface area contributed by atoms with Gasteiger partial charge < -0.3 is 9.80 Å². The standard InChI is InChI=1S/C15H22N4OS/c1-12-6-10-21-14(12)11-19(9-8-17(2)3)15(20)13-5-7-16-18(13)4/h5-7,10H,8-9,11H2,1-4H3. The van der Waals surface area contributed by atoms with Gasteiger partial charge in [-0.1, -0.05) is 0 Å². The van der Waals surface area contributed by atoms with Gasteiger partial charge in [0.2, 0.25) is 0 Å². The summed E-state index contributed by atoms with van der Waals surface area (Å²) in [6.07, 6.45) is 1.66. The van der Waals surface area contributed by atoms with Crippen LogP contribution in [0.1, 0.15) is 20.9 Å². The lowest BCUT2D eigenvalue weighted by atomic mass is 10.2. The fourth-order valence-electron chi connectivity index (χ4n) is 2.06. The van der Waals surface area contributed by atoms with Crippen molar-refractivity contribution in [1.29, 1.82) is 0 Å². The van der Waals surface area contributed by atoms with E-state index in [1.807, 2.05) is 19.0 Å². The van der Waals surface area contributed by atoms with Crippen LogP contribution in [0.2, 0.25) is 0 Å². The average molecular weight is 306 g/mol. The fraction of sp³-hybridized carbons (Fsp3) is 0.467. The van der Waals surface area contributed by atoms with Gasteiger partial charge in [0.25, 0.3) is 5.91 Å². The smallest absolute Gasteiger partial charge is 0.272 e. The van der Waals surface area contributed by atoms with Gasteiger partial charge in [0.05, 0.1) is 6.54 Å². The first-order valence-electron chi connectivity index (χ1n) is 6.94. The quantitative estimate of drug-likeness (QED) is 0.819. The molecular formula is C15H22N4OS. The third-order valence-electron chi connectivity index (χ3n) is 3.45. The van der Waals surface area contributed by atoms with E-state index < -0.39 is 0 Å². The number of likely N-dealkylation sites (N-methyl/N-ethyl adjacent to an activating group) is 1. The van der Waals surface area contributed by atoms with Crippen molar-refractivity contribution in [1.82, 2.24) is 19.6 Å². The van der Waals surface area contributed by atoms with E-state index in [9.17, 15) is 4.79 Å². The van der Waals surface area contributed by atoms with Crippen LogP contribution in [0.3, 0.4) is 0 Å². The second-order valence-electron chi connectivity index (χ2n) is 5.40. The topological polar surface area (TPSA) is 41.4 Å². The van der Waals surface area contributed by atoms with Gasteiger partial charge in [-0.05, 0) is 44.1 Å². The summed E-state index contributed by atoms with van der Waals surface area (Å²) in [5.41, 5.74) is 1.87. The zero-order valence-corrected chi connectivity index (χ0v) is 13.9. The number of amides is 1. The Labute approximate surface area is 129 Å². The van der Waals surface area contributed by atoms with E-state index in [4.69, 9.17) is 0 Å². The fourth-order valence-corrected chi connectivity index (χ4v) is 2.98. The normalized spacial score (nSPS) is 11.1. The average Bonchev–Trinajstić information content (AvgIpc) is 3.02. The molecule has 0 saturated heterocycles. The molecule has 0 unspecified atom stereocenters. The molecule has 0 aromatic carbocycles. The summed E-state index contributed by atoms with van der Waals surface area (Å²) in [6.45, 7) is 4.29. The molecule has 0 spiro atoms. The molecule has 0 aliphatic rings. The molecule has 0 fully saturated rings. The molecule has 1 amide bonds. The maximum atomic E-state index is 12.7. The highest BCUT2D eigenvalue weighted by Crippen LogP contribution is 2.19. The van der Waals surface area contributed by atoms with E-state index in [0.717, 1.165) is 6.54 Å².